The van der Waals surface area contributed by atoms with Crippen molar-refractivity contribution < 1.29 is 19.2 Å². The van der Waals surface area contributed by atoms with Crippen molar-refractivity contribution >= 4 is 28.2 Å². The number of benzene rings is 3. The van der Waals surface area contributed by atoms with Crippen LogP contribution in [0.5, 0.6) is 0 Å². The number of nitro benzene ring substituents is 1. The Morgan fingerprint density at radius 3 is 2.36 bits per heavy atom. The van der Waals surface area contributed by atoms with Gasteiger partial charge in [0.05, 0.1) is 4.92 Å². The Hall–Kier alpha value is -3.54. The molecule has 0 amide bonds. The van der Waals surface area contributed by atoms with Crippen LogP contribution in [-0.4, -0.2) is 23.3 Å². The van der Waals surface area contributed by atoms with Gasteiger partial charge in [-0.3, -0.25) is 14.9 Å². The minimum absolute atomic E-state index is 0.182. The number of para-hydroxylation sites is 1. The van der Waals surface area contributed by atoms with Crippen molar-refractivity contribution in [1.82, 2.24) is 0 Å². The number of hydrogen-bond acceptors (Lipinski definition) is 5. The zero-order chi connectivity index (χ0) is 17.8. The second kappa shape index (κ2) is 6.92. The van der Waals surface area contributed by atoms with E-state index in [0.29, 0.717) is 5.56 Å². The predicted molar refractivity (Wildman–Crippen MR) is 91.7 cm³/mol. The summed E-state index contributed by atoms with van der Waals surface area (Å²) in [5.74, 6) is -1.28. The lowest BCUT2D eigenvalue weighted by Gasteiger charge is -2.06. The van der Waals surface area contributed by atoms with Crippen molar-refractivity contribution in [1.29, 1.82) is 0 Å². The first-order chi connectivity index (χ1) is 12.1. The van der Waals surface area contributed by atoms with E-state index in [4.69, 9.17) is 4.74 Å². The Kier molecular flexibility index (Phi) is 4.52. The summed E-state index contributed by atoms with van der Waals surface area (Å²) < 4.78 is 4.95. The molecule has 6 heteroatoms. The van der Waals surface area contributed by atoms with Crippen molar-refractivity contribution in [2.24, 2.45) is 0 Å². The van der Waals surface area contributed by atoms with E-state index in [1.54, 1.807) is 12.1 Å². The molecule has 0 fully saturated rings. The number of fused-ring (bicyclic) bond motifs is 1. The first-order valence-corrected chi connectivity index (χ1v) is 7.49. The second-order valence-corrected chi connectivity index (χ2v) is 5.34. The lowest BCUT2D eigenvalue weighted by Crippen LogP contribution is -2.15. The molecule has 0 atom stereocenters. The number of Topliss-reactive ketones (excluding diaryl/α,β-unsaturated/α-hetero) is 1. The number of ketones is 1. The molecule has 3 rings (SSSR count). The summed E-state index contributed by atoms with van der Waals surface area (Å²) in [6.07, 6.45) is 0. The molecule has 0 radical (unpaired) electrons. The third kappa shape index (κ3) is 3.53. The highest BCUT2D eigenvalue weighted by Crippen LogP contribution is 2.19. The first-order valence-electron chi connectivity index (χ1n) is 7.49. The van der Waals surface area contributed by atoms with E-state index in [-0.39, 0.29) is 17.0 Å². The summed E-state index contributed by atoms with van der Waals surface area (Å²) in [6.45, 7) is -0.483. The summed E-state index contributed by atoms with van der Waals surface area (Å²) in [4.78, 5) is 34.5. The van der Waals surface area contributed by atoms with Gasteiger partial charge in [-0.05, 0) is 22.9 Å². The lowest BCUT2D eigenvalue weighted by atomic mass is 10.0. The van der Waals surface area contributed by atoms with E-state index < -0.39 is 17.5 Å². The number of nitro groups is 1. The van der Waals surface area contributed by atoms with Gasteiger partial charge in [-0.1, -0.05) is 48.5 Å². The molecule has 124 valence electrons. The monoisotopic (exact) mass is 335 g/mol. The zero-order valence-corrected chi connectivity index (χ0v) is 13.0. The van der Waals surface area contributed by atoms with Crippen molar-refractivity contribution in [3.63, 3.8) is 0 Å². The van der Waals surface area contributed by atoms with Crippen molar-refractivity contribution in [2.75, 3.05) is 6.61 Å². The normalized spacial score (nSPS) is 10.4. The largest absolute Gasteiger partial charge is 0.454 e. The van der Waals surface area contributed by atoms with Crippen LogP contribution in [-0.2, 0) is 4.74 Å². The number of rotatable bonds is 5. The minimum atomic E-state index is -0.901. The summed E-state index contributed by atoms with van der Waals surface area (Å²) in [5, 5.41) is 12.8. The van der Waals surface area contributed by atoms with Crippen LogP contribution in [0.4, 0.5) is 5.69 Å². The van der Waals surface area contributed by atoms with Gasteiger partial charge in [-0.15, -0.1) is 0 Å². The van der Waals surface area contributed by atoms with Gasteiger partial charge in [0.25, 0.3) is 5.69 Å². The Morgan fingerprint density at radius 1 is 0.920 bits per heavy atom. The van der Waals surface area contributed by atoms with Crippen LogP contribution in [0.2, 0.25) is 0 Å². The molecule has 25 heavy (non-hydrogen) atoms. The lowest BCUT2D eigenvalue weighted by molar-refractivity contribution is -0.385. The standard InChI is InChI=1S/C19H13NO5/c21-18(15-10-9-13-5-1-2-6-14(13)11-15)12-25-19(22)16-7-3-4-8-17(16)20(23)24/h1-11H,12H2. The third-order valence-corrected chi connectivity index (χ3v) is 3.73. The maximum absolute atomic E-state index is 12.2. The van der Waals surface area contributed by atoms with E-state index in [9.17, 15) is 19.7 Å². The second-order valence-electron chi connectivity index (χ2n) is 5.34. The molecule has 0 saturated heterocycles. The molecule has 6 nitrogen and oxygen atoms in total. The topological polar surface area (TPSA) is 86.5 Å². The van der Waals surface area contributed by atoms with Crippen LogP contribution >= 0.6 is 0 Å². The van der Waals surface area contributed by atoms with Gasteiger partial charge < -0.3 is 4.74 Å². The average Bonchev–Trinajstić information content (AvgIpc) is 2.65. The molecular formula is C19H13NO5. The molecule has 0 aliphatic carbocycles. The number of carbonyl (C=O) groups excluding carboxylic acids is 2. The molecule has 0 aliphatic heterocycles. The molecule has 0 aliphatic rings. The molecule has 0 heterocycles. The smallest absolute Gasteiger partial charge is 0.345 e. The molecule has 3 aromatic carbocycles. The molecular weight excluding hydrogens is 322 g/mol. The SMILES string of the molecule is O=C(COC(=O)c1ccccc1[N+](=O)[O-])c1ccc2ccccc2c1. The van der Waals surface area contributed by atoms with Crippen LogP contribution < -0.4 is 0 Å². The maximum atomic E-state index is 12.2. The van der Waals surface area contributed by atoms with E-state index in [1.165, 1.54) is 24.3 Å². The Labute approximate surface area is 142 Å². The molecule has 0 saturated carbocycles. The molecule has 3 aromatic rings. The van der Waals surface area contributed by atoms with Crippen LogP contribution in [0.3, 0.4) is 0 Å². The average molecular weight is 335 g/mol. The van der Waals surface area contributed by atoms with Gasteiger partial charge in [-0.2, -0.15) is 0 Å². The number of carbonyl (C=O) groups is 2. The van der Waals surface area contributed by atoms with Crippen LogP contribution in [0, 0.1) is 10.1 Å². The maximum Gasteiger partial charge on any atom is 0.345 e. The van der Waals surface area contributed by atoms with Crippen LogP contribution in [0.15, 0.2) is 66.7 Å². The van der Waals surface area contributed by atoms with E-state index >= 15 is 0 Å². The molecule has 0 unspecified atom stereocenters. The number of hydrogen-bond donors (Lipinski definition) is 0. The third-order valence-electron chi connectivity index (χ3n) is 3.73. The highest BCUT2D eigenvalue weighted by atomic mass is 16.6. The van der Waals surface area contributed by atoms with Gasteiger partial charge in [0.2, 0.25) is 0 Å². The van der Waals surface area contributed by atoms with Crippen molar-refractivity contribution in [2.45, 2.75) is 0 Å². The van der Waals surface area contributed by atoms with Crippen LogP contribution in [0.25, 0.3) is 10.8 Å². The Balaban J connectivity index is 1.73. The quantitative estimate of drug-likeness (QED) is 0.306. The van der Waals surface area contributed by atoms with Gasteiger partial charge in [-0.25, -0.2) is 4.79 Å². The summed E-state index contributed by atoms with van der Waals surface area (Å²) >= 11 is 0. The molecule has 0 spiro atoms. The highest BCUT2D eigenvalue weighted by Gasteiger charge is 2.21. The number of esters is 1. The molecule has 0 aromatic heterocycles. The Morgan fingerprint density at radius 2 is 1.60 bits per heavy atom. The van der Waals surface area contributed by atoms with Crippen molar-refractivity contribution in [3.05, 3.63) is 88.0 Å². The van der Waals surface area contributed by atoms with Gasteiger partial charge >= 0.3 is 5.97 Å². The first kappa shape index (κ1) is 16.3. The Bertz CT molecular complexity index is 980. The van der Waals surface area contributed by atoms with E-state index in [0.717, 1.165) is 10.8 Å². The predicted octanol–water partition coefficient (Wildman–Crippen LogP) is 3.79. The molecule has 0 N–H and O–H groups in total. The summed E-state index contributed by atoms with van der Waals surface area (Å²) in [7, 11) is 0. The summed E-state index contributed by atoms with van der Waals surface area (Å²) in [6, 6.07) is 18.2. The van der Waals surface area contributed by atoms with Gasteiger partial charge in [0.1, 0.15) is 5.56 Å². The number of nitrogens with zero attached hydrogens (tertiary/aromatic N) is 1. The summed E-state index contributed by atoms with van der Waals surface area (Å²) in [5.41, 5.74) is -0.126. The highest BCUT2D eigenvalue weighted by molar-refractivity contribution is 6.02. The fraction of sp³-hybridized carbons (Fsp3) is 0.0526. The zero-order valence-electron chi connectivity index (χ0n) is 13.0. The molecule has 0 bridgehead atoms. The van der Waals surface area contributed by atoms with Crippen LogP contribution in [0.1, 0.15) is 20.7 Å². The van der Waals surface area contributed by atoms with E-state index in [2.05, 4.69) is 0 Å². The fourth-order valence-electron chi connectivity index (χ4n) is 2.46. The minimum Gasteiger partial charge on any atom is -0.454 e. The van der Waals surface area contributed by atoms with Crippen molar-refractivity contribution in [3.8, 4) is 0 Å². The van der Waals surface area contributed by atoms with E-state index in [1.807, 2.05) is 30.3 Å². The fourth-order valence-corrected chi connectivity index (χ4v) is 2.46. The van der Waals surface area contributed by atoms with Gasteiger partial charge in [0, 0.05) is 11.6 Å². The van der Waals surface area contributed by atoms with Gasteiger partial charge in [0.15, 0.2) is 12.4 Å². The number of ether oxygens (including phenoxy) is 1.